The van der Waals surface area contributed by atoms with Crippen LogP contribution in [0.4, 0.5) is 5.00 Å². The fourth-order valence-electron chi connectivity index (χ4n) is 2.52. The van der Waals surface area contributed by atoms with Gasteiger partial charge in [0.05, 0.1) is 16.9 Å². The number of nitrogens with zero attached hydrogens (tertiary/aromatic N) is 2. The van der Waals surface area contributed by atoms with E-state index >= 15 is 0 Å². The van der Waals surface area contributed by atoms with Crippen molar-refractivity contribution in [3.8, 4) is 0 Å². The van der Waals surface area contributed by atoms with Crippen molar-refractivity contribution in [1.82, 2.24) is 4.90 Å². The quantitative estimate of drug-likeness (QED) is 0.677. The topological polar surface area (TPSA) is 101 Å². The lowest BCUT2D eigenvalue weighted by Gasteiger charge is -2.29. The van der Waals surface area contributed by atoms with Gasteiger partial charge in [-0.15, -0.1) is 0 Å². The van der Waals surface area contributed by atoms with Crippen molar-refractivity contribution in [1.29, 1.82) is 0 Å². The van der Waals surface area contributed by atoms with Crippen LogP contribution in [0.5, 0.6) is 0 Å². The number of likely N-dealkylation sites (tertiary alicyclic amines) is 1. The summed E-state index contributed by atoms with van der Waals surface area (Å²) in [6, 6.07) is 2.11. The Morgan fingerprint density at radius 2 is 2.20 bits per heavy atom. The van der Waals surface area contributed by atoms with Crippen LogP contribution in [0.2, 0.25) is 0 Å². The zero-order valence-corrected chi connectivity index (χ0v) is 11.8. The second-order valence-corrected chi connectivity index (χ2v) is 6.02. The summed E-state index contributed by atoms with van der Waals surface area (Å²) < 4.78 is 0. The third-order valence-electron chi connectivity index (χ3n) is 3.32. The van der Waals surface area contributed by atoms with Gasteiger partial charge in [-0.3, -0.25) is 19.7 Å². The van der Waals surface area contributed by atoms with Crippen LogP contribution in [0.1, 0.15) is 31.2 Å². The standard InChI is InChI=1S/C12H14N2O5S/c1-6(2)13-9(15)5-7(12(16)17)11(13)8-3-4-10(20-8)14(18)19/h3-4,6-7,11H,5H2,1-2H3,(H,16,17). The molecule has 0 saturated carbocycles. The summed E-state index contributed by atoms with van der Waals surface area (Å²) >= 11 is 0.926. The smallest absolute Gasteiger partial charge is 0.324 e. The fraction of sp³-hybridized carbons (Fsp3) is 0.500. The summed E-state index contributed by atoms with van der Waals surface area (Å²) in [5.74, 6) is -2.14. The Morgan fingerprint density at radius 3 is 2.65 bits per heavy atom. The predicted octanol–water partition coefficient (Wildman–Crippen LogP) is 2.04. The van der Waals surface area contributed by atoms with Crippen molar-refractivity contribution in [2.45, 2.75) is 32.4 Å². The van der Waals surface area contributed by atoms with Crippen LogP contribution in [0.3, 0.4) is 0 Å². The number of rotatable bonds is 4. The predicted molar refractivity (Wildman–Crippen MR) is 71.4 cm³/mol. The lowest BCUT2D eigenvalue weighted by Crippen LogP contribution is -2.35. The van der Waals surface area contributed by atoms with E-state index in [4.69, 9.17) is 0 Å². The SMILES string of the molecule is CC(C)N1C(=O)CC(C(=O)O)C1c1ccc([N+](=O)[O-])s1. The van der Waals surface area contributed by atoms with Crippen LogP contribution in [0, 0.1) is 16.0 Å². The molecule has 1 aliphatic rings. The molecule has 1 N–H and O–H groups in total. The first-order chi connectivity index (χ1) is 9.32. The van der Waals surface area contributed by atoms with Crippen LogP contribution in [-0.2, 0) is 9.59 Å². The van der Waals surface area contributed by atoms with Gasteiger partial charge in [-0.1, -0.05) is 11.3 Å². The number of carboxylic acids is 1. The van der Waals surface area contributed by atoms with Gasteiger partial charge in [-0.05, 0) is 19.9 Å². The average Bonchev–Trinajstić information content (AvgIpc) is 2.91. The second kappa shape index (κ2) is 5.20. The minimum atomic E-state index is -1.05. The third kappa shape index (κ3) is 2.38. The molecule has 1 amide bonds. The van der Waals surface area contributed by atoms with Crippen molar-refractivity contribution in [3.05, 3.63) is 27.1 Å². The van der Waals surface area contributed by atoms with E-state index in [-0.39, 0.29) is 23.4 Å². The summed E-state index contributed by atoms with van der Waals surface area (Å²) in [5.41, 5.74) is 0. The van der Waals surface area contributed by atoms with Gasteiger partial charge >= 0.3 is 11.0 Å². The van der Waals surface area contributed by atoms with Gasteiger partial charge in [0.1, 0.15) is 0 Å². The summed E-state index contributed by atoms with van der Waals surface area (Å²) in [6.45, 7) is 3.61. The molecule has 1 aliphatic heterocycles. The highest BCUT2D eigenvalue weighted by Crippen LogP contribution is 2.43. The summed E-state index contributed by atoms with van der Waals surface area (Å²) in [6.07, 6.45) is -0.0656. The molecule has 0 bridgehead atoms. The molecule has 2 atom stereocenters. The highest BCUT2D eigenvalue weighted by atomic mass is 32.1. The monoisotopic (exact) mass is 298 g/mol. The highest BCUT2D eigenvalue weighted by Gasteiger charge is 2.46. The van der Waals surface area contributed by atoms with Gasteiger partial charge in [-0.25, -0.2) is 0 Å². The first kappa shape index (κ1) is 14.4. The van der Waals surface area contributed by atoms with Gasteiger partial charge in [-0.2, -0.15) is 0 Å². The molecule has 2 heterocycles. The molecular weight excluding hydrogens is 284 g/mol. The Balaban J connectivity index is 2.43. The Labute approximate surface area is 119 Å². The zero-order chi connectivity index (χ0) is 15.0. The van der Waals surface area contributed by atoms with Gasteiger partial charge < -0.3 is 10.0 Å². The molecule has 1 saturated heterocycles. The van der Waals surface area contributed by atoms with Crippen LogP contribution in [0.15, 0.2) is 12.1 Å². The summed E-state index contributed by atoms with van der Waals surface area (Å²) in [5, 5.41) is 20.0. The average molecular weight is 298 g/mol. The van der Waals surface area contributed by atoms with E-state index < -0.39 is 22.9 Å². The van der Waals surface area contributed by atoms with Crippen LogP contribution < -0.4 is 0 Å². The maximum atomic E-state index is 12.0. The van der Waals surface area contributed by atoms with Crippen molar-refractivity contribution in [2.24, 2.45) is 5.92 Å². The normalized spacial score (nSPS) is 22.6. The molecule has 8 heteroatoms. The molecule has 2 rings (SSSR count). The molecule has 108 valence electrons. The Morgan fingerprint density at radius 1 is 1.55 bits per heavy atom. The molecule has 0 aliphatic carbocycles. The first-order valence-electron chi connectivity index (χ1n) is 6.11. The molecule has 0 spiro atoms. The molecule has 7 nitrogen and oxygen atoms in total. The second-order valence-electron chi connectivity index (χ2n) is 4.92. The minimum Gasteiger partial charge on any atom is -0.481 e. The van der Waals surface area contributed by atoms with E-state index in [9.17, 15) is 24.8 Å². The molecule has 1 aromatic rings. The van der Waals surface area contributed by atoms with Gasteiger partial charge in [0, 0.05) is 23.4 Å². The van der Waals surface area contributed by atoms with Crippen molar-refractivity contribution < 1.29 is 19.6 Å². The summed E-state index contributed by atoms with van der Waals surface area (Å²) in [4.78, 5) is 35.6. The first-order valence-corrected chi connectivity index (χ1v) is 6.92. The summed E-state index contributed by atoms with van der Waals surface area (Å²) in [7, 11) is 0. The van der Waals surface area contributed by atoms with E-state index in [1.54, 1.807) is 13.8 Å². The number of carbonyl (C=O) groups is 2. The lowest BCUT2D eigenvalue weighted by molar-refractivity contribution is -0.380. The number of nitro groups is 1. The molecule has 2 unspecified atom stereocenters. The van der Waals surface area contributed by atoms with E-state index in [1.165, 1.54) is 17.0 Å². The van der Waals surface area contributed by atoms with E-state index in [2.05, 4.69) is 0 Å². The van der Waals surface area contributed by atoms with Gasteiger partial charge in [0.2, 0.25) is 5.91 Å². The number of hydrogen-bond donors (Lipinski definition) is 1. The largest absolute Gasteiger partial charge is 0.481 e. The minimum absolute atomic E-state index is 0.0489. The van der Waals surface area contributed by atoms with Gasteiger partial charge in [0.15, 0.2) is 0 Å². The van der Waals surface area contributed by atoms with E-state index in [0.29, 0.717) is 4.88 Å². The number of hydrogen-bond acceptors (Lipinski definition) is 5. The Kier molecular flexibility index (Phi) is 3.76. The molecular formula is C12H14N2O5S. The molecule has 0 radical (unpaired) electrons. The van der Waals surface area contributed by atoms with E-state index in [0.717, 1.165) is 11.3 Å². The highest BCUT2D eigenvalue weighted by molar-refractivity contribution is 7.15. The van der Waals surface area contributed by atoms with Crippen molar-refractivity contribution in [2.75, 3.05) is 0 Å². The lowest BCUT2D eigenvalue weighted by atomic mass is 9.99. The fourth-order valence-corrected chi connectivity index (χ4v) is 3.51. The van der Waals surface area contributed by atoms with Crippen LogP contribution >= 0.6 is 11.3 Å². The van der Waals surface area contributed by atoms with Crippen LogP contribution in [0.25, 0.3) is 0 Å². The maximum Gasteiger partial charge on any atom is 0.324 e. The number of carbonyl (C=O) groups excluding carboxylic acids is 1. The number of thiophene rings is 1. The van der Waals surface area contributed by atoms with Crippen molar-refractivity contribution in [3.63, 3.8) is 0 Å². The van der Waals surface area contributed by atoms with E-state index in [1.807, 2.05) is 0 Å². The molecule has 20 heavy (non-hydrogen) atoms. The molecule has 1 fully saturated rings. The number of amides is 1. The molecule has 0 aromatic carbocycles. The van der Waals surface area contributed by atoms with Crippen LogP contribution in [-0.4, -0.2) is 32.8 Å². The molecule has 1 aromatic heterocycles. The number of aliphatic carboxylic acids is 1. The van der Waals surface area contributed by atoms with Crippen molar-refractivity contribution >= 4 is 28.2 Å². The van der Waals surface area contributed by atoms with Gasteiger partial charge in [0.25, 0.3) is 0 Å². The maximum absolute atomic E-state index is 12.0. The Bertz CT molecular complexity index is 568. The zero-order valence-electron chi connectivity index (χ0n) is 11.0. The third-order valence-corrected chi connectivity index (χ3v) is 4.43. The Hall–Kier alpha value is -1.96. The number of carboxylic acid groups (broad SMARTS) is 1.